The molecule has 7 heteroatoms. The van der Waals surface area contributed by atoms with Gasteiger partial charge in [0.1, 0.15) is 0 Å². The molecular weight excluding hydrogens is 392 g/mol. The third kappa shape index (κ3) is 5.22. The minimum atomic E-state index is -0.193. The van der Waals surface area contributed by atoms with Gasteiger partial charge < -0.3 is 20.3 Å². The van der Waals surface area contributed by atoms with E-state index in [1.165, 1.54) is 0 Å². The van der Waals surface area contributed by atoms with E-state index >= 15 is 0 Å². The predicted octanol–water partition coefficient (Wildman–Crippen LogP) is 3.61. The fourth-order valence-corrected chi connectivity index (χ4v) is 4.51. The van der Waals surface area contributed by atoms with Crippen LogP contribution in [-0.2, 0) is 4.74 Å². The van der Waals surface area contributed by atoms with Gasteiger partial charge in [-0.25, -0.2) is 4.79 Å². The number of nitrogens with zero attached hydrogens (tertiary/aromatic N) is 2. The van der Waals surface area contributed by atoms with Crippen LogP contribution in [0.5, 0.6) is 0 Å². The third-order valence-electron chi connectivity index (χ3n) is 6.42. The van der Waals surface area contributed by atoms with Gasteiger partial charge in [-0.2, -0.15) is 0 Å². The number of urea groups is 1. The van der Waals surface area contributed by atoms with E-state index < -0.39 is 0 Å². The maximum Gasteiger partial charge on any atom is 0.321 e. The Bertz CT molecular complexity index is 910. The number of hydrogen-bond acceptors (Lipinski definition) is 4. The number of aromatic nitrogens is 1. The van der Waals surface area contributed by atoms with Crippen LogP contribution in [0.3, 0.4) is 0 Å². The van der Waals surface area contributed by atoms with Gasteiger partial charge in [0.15, 0.2) is 0 Å². The summed E-state index contributed by atoms with van der Waals surface area (Å²) in [5.74, 6) is 0.290. The Kier molecular flexibility index (Phi) is 6.51. The molecule has 7 nitrogen and oxygen atoms in total. The molecule has 2 fully saturated rings. The molecule has 1 unspecified atom stereocenters. The molecule has 0 radical (unpaired) electrons. The first-order valence-corrected chi connectivity index (χ1v) is 11.0. The summed E-state index contributed by atoms with van der Waals surface area (Å²) in [6, 6.07) is 11.3. The van der Waals surface area contributed by atoms with Gasteiger partial charge in [0.2, 0.25) is 0 Å². The lowest BCUT2D eigenvalue weighted by Gasteiger charge is -2.46. The summed E-state index contributed by atoms with van der Waals surface area (Å²) in [6.07, 6.45) is 6.73. The number of anilines is 1. The Morgan fingerprint density at radius 3 is 2.74 bits per heavy atom. The monoisotopic (exact) mass is 422 g/mol. The molecule has 31 heavy (non-hydrogen) atoms. The highest BCUT2D eigenvalue weighted by Crippen LogP contribution is 2.37. The van der Waals surface area contributed by atoms with Crippen molar-refractivity contribution in [2.45, 2.75) is 38.2 Å². The van der Waals surface area contributed by atoms with Crippen LogP contribution in [0, 0.1) is 12.8 Å². The lowest BCUT2D eigenvalue weighted by Crippen LogP contribution is -2.52. The van der Waals surface area contributed by atoms with E-state index in [4.69, 9.17) is 4.74 Å². The number of amides is 3. The fraction of sp³-hybridized carbons (Fsp3) is 0.458. The lowest BCUT2D eigenvalue weighted by atomic mass is 9.79. The average Bonchev–Trinajstić information content (AvgIpc) is 2.80. The van der Waals surface area contributed by atoms with Gasteiger partial charge in [-0.05, 0) is 62.3 Å². The molecule has 1 aromatic heterocycles. The summed E-state index contributed by atoms with van der Waals surface area (Å²) in [5.41, 5.74) is 2.29. The summed E-state index contributed by atoms with van der Waals surface area (Å²) < 4.78 is 6.21. The zero-order valence-corrected chi connectivity index (χ0v) is 18.0. The maximum absolute atomic E-state index is 12.7. The van der Waals surface area contributed by atoms with Crippen molar-refractivity contribution in [2.24, 2.45) is 5.92 Å². The van der Waals surface area contributed by atoms with E-state index in [2.05, 4.69) is 15.6 Å². The zero-order valence-electron chi connectivity index (χ0n) is 18.0. The molecule has 0 bridgehead atoms. The van der Waals surface area contributed by atoms with Gasteiger partial charge in [-0.3, -0.25) is 9.78 Å². The normalized spacial score (nSPS) is 20.3. The first-order valence-electron chi connectivity index (χ1n) is 11.0. The number of piperidine rings is 1. The van der Waals surface area contributed by atoms with Crippen LogP contribution < -0.4 is 10.6 Å². The number of para-hydroxylation sites is 1. The smallest absolute Gasteiger partial charge is 0.321 e. The van der Waals surface area contributed by atoms with Crippen molar-refractivity contribution in [2.75, 3.05) is 31.6 Å². The standard InChI is InChI=1S/C24H30N4O3/c1-18-5-2-3-7-21(18)27-23(30)28-12-9-24(10-13-28)15-19(8-14-31-24)16-26-22(29)20-6-4-11-25-17-20/h2-7,11,17,19H,8-10,12-16H2,1H3,(H,26,29)(H,27,30). The highest BCUT2D eigenvalue weighted by molar-refractivity contribution is 5.93. The number of hydrogen-bond donors (Lipinski definition) is 2. The van der Waals surface area contributed by atoms with Crippen molar-refractivity contribution in [3.05, 3.63) is 59.9 Å². The van der Waals surface area contributed by atoms with Crippen molar-refractivity contribution in [3.8, 4) is 0 Å². The molecule has 1 spiro atoms. The molecule has 2 aromatic rings. The van der Waals surface area contributed by atoms with Gasteiger partial charge in [0.05, 0.1) is 11.2 Å². The summed E-state index contributed by atoms with van der Waals surface area (Å²) >= 11 is 0. The Hall–Kier alpha value is -2.93. The number of carbonyl (C=O) groups excluding carboxylic acids is 2. The topological polar surface area (TPSA) is 83.6 Å². The average molecular weight is 423 g/mol. The van der Waals surface area contributed by atoms with E-state index in [1.54, 1.807) is 24.5 Å². The highest BCUT2D eigenvalue weighted by atomic mass is 16.5. The third-order valence-corrected chi connectivity index (χ3v) is 6.42. The number of nitrogens with one attached hydrogen (secondary N) is 2. The van der Waals surface area contributed by atoms with Crippen LogP contribution in [0.4, 0.5) is 10.5 Å². The zero-order chi connectivity index (χ0) is 21.7. The molecule has 1 atom stereocenters. The molecule has 2 aliphatic heterocycles. The van der Waals surface area contributed by atoms with Gasteiger partial charge in [-0.1, -0.05) is 18.2 Å². The molecular formula is C24H30N4O3. The Balaban J connectivity index is 1.27. The molecule has 2 N–H and O–H groups in total. The van der Waals surface area contributed by atoms with Crippen LogP contribution >= 0.6 is 0 Å². The lowest BCUT2D eigenvalue weighted by molar-refractivity contribution is -0.122. The van der Waals surface area contributed by atoms with Gasteiger partial charge in [-0.15, -0.1) is 0 Å². The fourth-order valence-electron chi connectivity index (χ4n) is 4.51. The first-order chi connectivity index (χ1) is 15.0. The quantitative estimate of drug-likeness (QED) is 0.788. The second-order valence-electron chi connectivity index (χ2n) is 8.57. The number of ether oxygens (including phenoxy) is 1. The molecule has 3 heterocycles. The van der Waals surface area contributed by atoms with Crippen molar-refractivity contribution in [3.63, 3.8) is 0 Å². The van der Waals surface area contributed by atoms with E-state index in [9.17, 15) is 9.59 Å². The number of aryl methyl sites for hydroxylation is 1. The Labute approximate surface area is 183 Å². The van der Waals surface area contributed by atoms with Gasteiger partial charge in [0.25, 0.3) is 5.91 Å². The number of pyridine rings is 1. The second-order valence-corrected chi connectivity index (χ2v) is 8.57. The second kappa shape index (κ2) is 9.47. The molecule has 0 saturated carbocycles. The number of carbonyl (C=O) groups is 2. The maximum atomic E-state index is 12.7. The van der Waals surface area contributed by atoms with E-state index in [0.717, 1.165) is 36.9 Å². The summed E-state index contributed by atoms with van der Waals surface area (Å²) in [6.45, 7) is 4.67. The number of rotatable bonds is 4. The minimum absolute atomic E-state index is 0.0553. The Morgan fingerprint density at radius 1 is 1.19 bits per heavy atom. The van der Waals surface area contributed by atoms with Crippen LogP contribution in [-0.4, -0.2) is 53.7 Å². The van der Waals surface area contributed by atoms with Crippen molar-refractivity contribution < 1.29 is 14.3 Å². The molecule has 1 aromatic carbocycles. The molecule has 2 aliphatic rings. The minimum Gasteiger partial charge on any atom is -0.375 e. The molecule has 164 valence electrons. The van der Waals surface area contributed by atoms with Gasteiger partial charge >= 0.3 is 6.03 Å². The Morgan fingerprint density at radius 2 is 2.00 bits per heavy atom. The van der Waals surface area contributed by atoms with Crippen LogP contribution in [0.1, 0.15) is 41.6 Å². The molecule has 4 rings (SSSR count). The summed E-state index contributed by atoms with van der Waals surface area (Å²) in [5, 5.41) is 6.06. The molecule has 3 amide bonds. The SMILES string of the molecule is Cc1ccccc1NC(=O)N1CCC2(CC1)CC(CNC(=O)c1cccnc1)CCO2. The predicted molar refractivity (Wildman–Crippen MR) is 119 cm³/mol. The first kappa shape index (κ1) is 21.3. The molecule has 0 aliphatic carbocycles. The highest BCUT2D eigenvalue weighted by Gasteiger charge is 2.41. The van der Waals surface area contributed by atoms with Crippen molar-refractivity contribution in [1.82, 2.24) is 15.2 Å². The number of benzene rings is 1. The van der Waals surface area contributed by atoms with Crippen molar-refractivity contribution >= 4 is 17.6 Å². The van der Waals surface area contributed by atoms with Gasteiger partial charge in [0, 0.05) is 44.3 Å². The van der Waals surface area contributed by atoms with Crippen LogP contribution in [0.2, 0.25) is 0 Å². The van der Waals surface area contributed by atoms with Crippen LogP contribution in [0.25, 0.3) is 0 Å². The van der Waals surface area contributed by atoms with Crippen molar-refractivity contribution in [1.29, 1.82) is 0 Å². The summed E-state index contributed by atoms with van der Waals surface area (Å²) in [7, 11) is 0. The van der Waals surface area contributed by atoms with E-state index in [0.29, 0.717) is 37.7 Å². The molecule has 2 saturated heterocycles. The van der Waals surface area contributed by atoms with E-state index in [1.807, 2.05) is 36.1 Å². The van der Waals surface area contributed by atoms with E-state index in [-0.39, 0.29) is 17.5 Å². The largest absolute Gasteiger partial charge is 0.375 e. The summed E-state index contributed by atoms with van der Waals surface area (Å²) in [4.78, 5) is 30.9. The van der Waals surface area contributed by atoms with Crippen LogP contribution in [0.15, 0.2) is 48.8 Å². The number of likely N-dealkylation sites (tertiary alicyclic amines) is 1.